The molecule has 2 N–H and O–H groups in total. The molecule has 0 atom stereocenters. The fourth-order valence-electron chi connectivity index (χ4n) is 2.00. The van der Waals surface area contributed by atoms with E-state index in [1.54, 1.807) is 0 Å². The van der Waals surface area contributed by atoms with Gasteiger partial charge in [-0.15, -0.1) is 0 Å². The molecule has 98 valence electrons. The summed E-state index contributed by atoms with van der Waals surface area (Å²) < 4.78 is 0. The summed E-state index contributed by atoms with van der Waals surface area (Å²) in [5.41, 5.74) is 9.67. The monoisotopic (exact) mass is 252 g/mol. The molecule has 0 aliphatic heterocycles. The molecule has 2 aromatic rings. The number of nitrogens with zero attached hydrogens (tertiary/aromatic N) is 1. The van der Waals surface area contributed by atoms with E-state index in [0.717, 1.165) is 18.7 Å². The lowest BCUT2D eigenvalue weighted by Gasteiger charge is -2.08. The highest BCUT2D eigenvalue weighted by Crippen LogP contribution is 2.15. The summed E-state index contributed by atoms with van der Waals surface area (Å²) in [6, 6.07) is 18.9. The molecule has 0 bridgehead atoms. The van der Waals surface area contributed by atoms with E-state index in [2.05, 4.69) is 53.5 Å². The fourth-order valence-corrected chi connectivity index (χ4v) is 2.00. The zero-order valence-electron chi connectivity index (χ0n) is 11.3. The lowest BCUT2D eigenvalue weighted by Crippen LogP contribution is -2.10. The predicted octanol–water partition coefficient (Wildman–Crippen LogP) is 3.54. The van der Waals surface area contributed by atoms with Gasteiger partial charge in [0.1, 0.15) is 0 Å². The molecule has 0 heterocycles. The van der Waals surface area contributed by atoms with Crippen LogP contribution >= 0.6 is 0 Å². The minimum atomic E-state index is 0.669. The van der Waals surface area contributed by atoms with Crippen LogP contribution in [-0.2, 0) is 13.0 Å². The largest absolute Gasteiger partial charge is 0.387 e. The van der Waals surface area contributed by atoms with Crippen molar-refractivity contribution in [3.63, 3.8) is 0 Å². The lowest BCUT2D eigenvalue weighted by molar-refractivity contribution is 1.00. The Morgan fingerprint density at radius 3 is 2.26 bits per heavy atom. The van der Waals surface area contributed by atoms with Crippen molar-refractivity contribution >= 4 is 5.84 Å². The second-order valence-corrected chi connectivity index (χ2v) is 4.59. The van der Waals surface area contributed by atoms with E-state index in [4.69, 9.17) is 5.73 Å². The van der Waals surface area contributed by atoms with Gasteiger partial charge < -0.3 is 5.73 Å². The van der Waals surface area contributed by atoms with Crippen LogP contribution < -0.4 is 5.73 Å². The molecule has 0 aliphatic rings. The first-order chi connectivity index (χ1) is 9.29. The number of nitrogens with two attached hydrogens (primary N) is 1. The Morgan fingerprint density at radius 1 is 0.947 bits per heavy atom. The van der Waals surface area contributed by atoms with Gasteiger partial charge in [0, 0.05) is 6.42 Å². The smallest absolute Gasteiger partial charge is 0.0938 e. The molecule has 19 heavy (non-hydrogen) atoms. The summed E-state index contributed by atoms with van der Waals surface area (Å²) in [5.74, 6) is 0.717. The van der Waals surface area contributed by atoms with Gasteiger partial charge in [0.15, 0.2) is 0 Å². The Balaban J connectivity index is 2.17. The highest BCUT2D eigenvalue weighted by molar-refractivity contribution is 5.79. The quantitative estimate of drug-likeness (QED) is 0.641. The molecule has 2 rings (SSSR count). The first kappa shape index (κ1) is 13.3. The molecule has 0 amide bonds. The van der Waals surface area contributed by atoms with Gasteiger partial charge in [-0.05, 0) is 23.1 Å². The van der Waals surface area contributed by atoms with Crippen molar-refractivity contribution in [2.75, 3.05) is 0 Å². The number of rotatable bonds is 5. The van der Waals surface area contributed by atoms with E-state index < -0.39 is 0 Å². The number of benzene rings is 2. The van der Waals surface area contributed by atoms with Crippen molar-refractivity contribution in [2.24, 2.45) is 10.7 Å². The Morgan fingerprint density at radius 2 is 1.58 bits per heavy atom. The highest BCUT2D eigenvalue weighted by Gasteiger charge is 2.02. The summed E-state index contributed by atoms with van der Waals surface area (Å²) >= 11 is 0. The molecule has 0 aromatic heterocycles. The molecule has 2 aromatic carbocycles. The van der Waals surface area contributed by atoms with E-state index >= 15 is 0 Å². The fraction of sp³-hybridized carbons (Fsp3) is 0.235. The van der Waals surface area contributed by atoms with Crippen molar-refractivity contribution in [3.8, 4) is 0 Å². The second kappa shape index (κ2) is 6.74. The predicted molar refractivity (Wildman–Crippen MR) is 81.3 cm³/mol. The van der Waals surface area contributed by atoms with Crippen LogP contribution in [0.1, 0.15) is 30.0 Å². The van der Waals surface area contributed by atoms with Crippen LogP contribution in [-0.4, -0.2) is 5.84 Å². The summed E-state index contributed by atoms with van der Waals surface area (Å²) in [7, 11) is 0. The van der Waals surface area contributed by atoms with Crippen molar-refractivity contribution < 1.29 is 0 Å². The topological polar surface area (TPSA) is 38.4 Å². The standard InChI is InChI=1S/C17H20N2/c1-2-17(18)19-13-16-11-7-6-10-15(16)12-14-8-4-3-5-9-14/h3-11H,2,12-13H2,1H3,(H2,18,19). The maximum atomic E-state index is 5.77. The van der Waals surface area contributed by atoms with Crippen LogP contribution in [0.5, 0.6) is 0 Å². The lowest BCUT2D eigenvalue weighted by atomic mass is 10.00. The Bertz CT molecular complexity index is 544. The SMILES string of the molecule is CCC(N)=NCc1ccccc1Cc1ccccc1. The third kappa shape index (κ3) is 3.95. The average Bonchev–Trinajstić information content (AvgIpc) is 2.47. The maximum Gasteiger partial charge on any atom is 0.0938 e. The number of hydrogen-bond donors (Lipinski definition) is 1. The van der Waals surface area contributed by atoms with Crippen molar-refractivity contribution in [3.05, 3.63) is 71.3 Å². The molecule has 0 saturated carbocycles. The Kier molecular flexibility index (Phi) is 4.73. The van der Waals surface area contributed by atoms with Gasteiger partial charge in [-0.3, -0.25) is 4.99 Å². The van der Waals surface area contributed by atoms with Crippen LogP contribution in [0.15, 0.2) is 59.6 Å². The Hall–Kier alpha value is -2.09. The normalized spacial score (nSPS) is 11.5. The van der Waals surface area contributed by atoms with E-state index in [-0.39, 0.29) is 0 Å². The van der Waals surface area contributed by atoms with Gasteiger partial charge in [0.25, 0.3) is 0 Å². The van der Waals surface area contributed by atoms with Gasteiger partial charge >= 0.3 is 0 Å². The van der Waals surface area contributed by atoms with Gasteiger partial charge in [-0.2, -0.15) is 0 Å². The Labute approximate surface area is 115 Å². The molecule has 2 heteroatoms. The molecule has 2 nitrogen and oxygen atoms in total. The molecule has 0 spiro atoms. The van der Waals surface area contributed by atoms with Crippen molar-refractivity contribution in [2.45, 2.75) is 26.3 Å². The van der Waals surface area contributed by atoms with Gasteiger partial charge in [0.2, 0.25) is 0 Å². The zero-order chi connectivity index (χ0) is 13.5. The van der Waals surface area contributed by atoms with Gasteiger partial charge in [-0.1, -0.05) is 61.5 Å². The number of amidine groups is 1. The van der Waals surface area contributed by atoms with Crippen LogP contribution in [0.3, 0.4) is 0 Å². The van der Waals surface area contributed by atoms with E-state index in [1.165, 1.54) is 16.7 Å². The molecule has 0 saturated heterocycles. The maximum absolute atomic E-state index is 5.77. The van der Waals surface area contributed by atoms with Crippen molar-refractivity contribution in [1.82, 2.24) is 0 Å². The molecule has 0 aliphatic carbocycles. The highest BCUT2D eigenvalue weighted by atomic mass is 14.8. The third-order valence-corrected chi connectivity index (χ3v) is 3.17. The zero-order valence-corrected chi connectivity index (χ0v) is 11.3. The average molecular weight is 252 g/mol. The summed E-state index contributed by atoms with van der Waals surface area (Å²) in [6.45, 7) is 2.69. The molecule has 0 fully saturated rings. The summed E-state index contributed by atoms with van der Waals surface area (Å²) in [4.78, 5) is 4.41. The number of hydrogen-bond acceptors (Lipinski definition) is 1. The minimum absolute atomic E-state index is 0.669. The first-order valence-electron chi connectivity index (χ1n) is 6.69. The van der Waals surface area contributed by atoms with Crippen LogP contribution in [0, 0.1) is 0 Å². The summed E-state index contributed by atoms with van der Waals surface area (Å²) in [6.07, 6.45) is 1.75. The third-order valence-electron chi connectivity index (χ3n) is 3.17. The van der Waals surface area contributed by atoms with E-state index in [1.807, 2.05) is 13.0 Å². The molecule has 0 radical (unpaired) electrons. The minimum Gasteiger partial charge on any atom is -0.387 e. The molecule has 0 unspecified atom stereocenters. The number of aliphatic imine (C=N–C) groups is 1. The molecular formula is C17H20N2. The first-order valence-corrected chi connectivity index (χ1v) is 6.69. The van der Waals surface area contributed by atoms with Gasteiger partial charge in [0.05, 0.1) is 12.4 Å². The van der Waals surface area contributed by atoms with Crippen molar-refractivity contribution in [1.29, 1.82) is 0 Å². The molecular weight excluding hydrogens is 232 g/mol. The van der Waals surface area contributed by atoms with Crippen LogP contribution in [0.4, 0.5) is 0 Å². The second-order valence-electron chi connectivity index (χ2n) is 4.59. The van der Waals surface area contributed by atoms with Crippen LogP contribution in [0.2, 0.25) is 0 Å². The van der Waals surface area contributed by atoms with E-state index in [9.17, 15) is 0 Å². The van der Waals surface area contributed by atoms with Crippen LogP contribution in [0.25, 0.3) is 0 Å². The summed E-state index contributed by atoms with van der Waals surface area (Å²) in [5, 5.41) is 0. The van der Waals surface area contributed by atoms with E-state index in [0.29, 0.717) is 6.54 Å². The van der Waals surface area contributed by atoms with Gasteiger partial charge in [-0.25, -0.2) is 0 Å².